The summed E-state index contributed by atoms with van der Waals surface area (Å²) in [5.41, 5.74) is 13.0. The van der Waals surface area contributed by atoms with E-state index in [0.717, 1.165) is 12.8 Å². The van der Waals surface area contributed by atoms with E-state index in [9.17, 15) is 0 Å². The molecule has 40 heavy (non-hydrogen) atoms. The molecule has 0 atom stereocenters. The van der Waals surface area contributed by atoms with Crippen LogP contribution in [-0.2, 0) is 0 Å². The summed E-state index contributed by atoms with van der Waals surface area (Å²) in [6.45, 7) is 21.6. The predicted octanol–water partition coefficient (Wildman–Crippen LogP) is 12.3. The van der Waals surface area contributed by atoms with E-state index in [1.165, 1.54) is 55.7 Å². The first-order chi connectivity index (χ1) is 19.0. The first-order valence-electron chi connectivity index (χ1n) is 14.4. The molecule has 1 aromatic carbocycles. The molecule has 1 aromatic rings. The van der Waals surface area contributed by atoms with E-state index in [-0.39, 0.29) is 0 Å². The van der Waals surface area contributed by atoms with E-state index in [1.54, 1.807) is 0 Å². The Kier molecular flexibility index (Phi) is 16.7. The van der Waals surface area contributed by atoms with Gasteiger partial charge in [-0.25, -0.2) is 0 Å². The van der Waals surface area contributed by atoms with Crippen molar-refractivity contribution in [2.24, 2.45) is 0 Å². The van der Waals surface area contributed by atoms with Crippen LogP contribution in [0.15, 0.2) is 137 Å². The molecule has 0 saturated heterocycles. The average Bonchev–Trinajstić information content (AvgIpc) is 2.88. The fourth-order valence-electron chi connectivity index (χ4n) is 3.82. The number of allylic oxidation sites excluding steroid dienone is 21. The Morgan fingerprint density at radius 1 is 0.550 bits per heavy atom. The van der Waals surface area contributed by atoms with E-state index < -0.39 is 0 Å². The van der Waals surface area contributed by atoms with Crippen LogP contribution in [0.5, 0.6) is 0 Å². The Balaban J connectivity index is 2.60. The summed E-state index contributed by atoms with van der Waals surface area (Å²) in [5, 5.41) is 0. The first-order valence-corrected chi connectivity index (χ1v) is 14.4. The second kappa shape index (κ2) is 19.4. The van der Waals surface area contributed by atoms with E-state index in [4.69, 9.17) is 0 Å². The summed E-state index contributed by atoms with van der Waals surface area (Å²) < 4.78 is 0. The molecule has 0 heterocycles. The van der Waals surface area contributed by atoms with E-state index in [2.05, 4.69) is 179 Å². The van der Waals surface area contributed by atoms with Crippen LogP contribution in [0.3, 0.4) is 0 Å². The molecule has 0 fully saturated rings. The summed E-state index contributed by atoms with van der Waals surface area (Å²) in [5.74, 6) is 0. The molecule has 0 aliphatic heterocycles. The highest BCUT2D eigenvalue weighted by molar-refractivity contribution is 5.61. The molecular formula is C40H52. The lowest BCUT2D eigenvalue weighted by molar-refractivity contribution is 0.967. The van der Waals surface area contributed by atoms with Gasteiger partial charge in [0.1, 0.15) is 0 Å². The molecule has 1 rings (SSSR count). The normalized spacial score (nSPS) is 14.7. The molecule has 0 unspecified atom stereocenters. The van der Waals surface area contributed by atoms with Gasteiger partial charge in [0.05, 0.1) is 0 Å². The van der Waals surface area contributed by atoms with Crippen molar-refractivity contribution in [3.8, 4) is 0 Å². The number of rotatable bonds is 13. The second-order valence-corrected chi connectivity index (χ2v) is 11.0. The molecule has 0 amide bonds. The fraction of sp³-hybridized carbons (Fsp3) is 0.300. The van der Waals surface area contributed by atoms with Crippen LogP contribution in [-0.4, -0.2) is 0 Å². The lowest BCUT2D eigenvalue weighted by atomic mass is 9.97. The molecule has 212 valence electrons. The van der Waals surface area contributed by atoms with Gasteiger partial charge in [-0.1, -0.05) is 143 Å². The Morgan fingerprint density at radius 2 is 1.00 bits per heavy atom. The van der Waals surface area contributed by atoms with Crippen molar-refractivity contribution < 1.29 is 0 Å². The van der Waals surface area contributed by atoms with Gasteiger partial charge in [0, 0.05) is 0 Å². The van der Waals surface area contributed by atoms with Gasteiger partial charge in [-0.2, -0.15) is 0 Å². The molecule has 0 aromatic heterocycles. The topological polar surface area (TPSA) is 0 Å². The lowest BCUT2D eigenvalue weighted by Gasteiger charge is -2.08. The average molecular weight is 533 g/mol. The van der Waals surface area contributed by atoms with Crippen LogP contribution in [0.1, 0.15) is 83.6 Å². The number of aryl methyl sites for hydroxylation is 2. The molecule has 0 spiro atoms. The van der Waals surface area contributed by atoms with Crippen LogP contribution in [0, 0.1) is 20.8 Å². The molecule has 0 saturated carbocycles. The smallest absolute Gasteiger partial charge is 0.0195 e. The molecule has 0 nitrogen and oxygen atoms in total. The van der Waals surface area contributed by atoms with Gasteiger partial charge in [0.15, 0.2) is 0 Å². The maximum Gasteiger partial charge on any atom is -0.0195 e. The molecular weight excluding hydrogens is 480 g/mol. The Hall–Kier alpha value is -3.64. The zero-order chi connectivity index (χ0) is 29.9. The highest BCUT2D eigenvalue weighted by Gasteiger charge is 2.01. The molecule has 0 bridgehead atoms. The minimum atomic E-state index is 1.11. The lowest BCUT2D eigenvalue weighted by Crippen LogP contribution is -1.89. The zero-order valence-electron chi connectivity index (χ0n) is 26.8. The van der Waals surface area contributed by atoms with Gasteiger partial charge in [0.2, 0.25) is 0 Å². The van der Waals surface area contributed by atoms with E-state index in [1.807, 2.05) is 0 Å². The van der Waals surface area contributed by atoms with Gasteiger partial charge < -0.3 is 0 Å². The van der Waals surface area contributed by atoms with Crippen molar-refractivity contribution in [3.63, 3.8) is 0 Å². The monoisotopic (exact) mass is 532 g/mol. The summed E-state index contributed by atoms with van der Waals surface area (Å²) in [6.07, 6.45) is 36.7. The third-order valence-electron chi connectivity index (χ3n) is 6.61. The van der Waals surface area contributed by atoms with Crippen LogP contribution < -0.4 is 0 Å². The van der Waals surface area contributed by atoms with Crippen LogP contribution in [0.2, 0.25) is 0 Å². The van der Waals surface area contributed by atoms with Gasteiger partial charge in [-0.15, -0.1) is 0 Å². The minimum absolute atomic E-state index is 1.11. The van der Waals surface area contributed by atoms with Gasteiger partial charge >= 0.3 is 0 Å². The van der Waals surface area contributed by atoms with E-state index in [0.29, 0.717) is 0 Å². The summed E-state index contributed by atoms with van der Waals surface area (Å²) in [6, 6.07) is 4.39. The van der Waals surface area contributed by atoms with Crippen LogP contribution >= 0.6 is 0 Å². The summed E-state index contributed by atoms with van der Waals surface area (Å²) in [4.78, 5) is 0. The maximum absolute atomic E-state index is 2.30. The molecule has 0 heteroatoms. The maximum atomic E-state index is 2.30. The molecule has 0 radical (unpaired) electrons. The molecule has 0 aliphatic rings. The highest BCUT2D eigenvalue weighted by atomic mass is 14.1. The fourth-order valence-corrected chi connectivity index (χ4v) is 3.82. The predicted molar refractivity (Wildman–Crippen MR) is 184 cm³/mol. The minimum Gasteiger partial charge on any atom is -0.0856 e. The van der Waals surface area contributed by atoms with Crippen molar-refractivity contribution in [2.45, 2.75) is 82.1 Å². The highest BCUT2D eigenvalue weighted by Crippen LogP contribution is 2.19. The Labute approximate surface area is 246 Å². The van der Waals surface area contributed by atoms with Crippen molar-refractivity contribution in [3.05, 3.63) is 159 Å². The standard InChI is InChI=1S/C40H52/c1-31(2)17-13-20-34(5)23-15-25-35(6)24-14-21-32(3)18-11-12-19-33(4)22-16-26-36(7)27-30-40-38(9)29-28-37(8)39(40)10/h11-12,14-19,21-30H,13,20H2,1-10H3/b12-11+,21-14+,22-16+,25-15+,30-27+,32-18+,33-19+,34-23+,35-24-,36-26+. The largest absolute Gasteiger partial charge is 0.0856 e. The van der Waals surface area contributed by atoms with Crippen LogP contribution in [0.25, 0.3) is 6.08 Å². The third-order valence-corrected chi connectivity index (χ3v) is 6.61. The summed E-state index contributed by atoms with van der Waals surface area (Å²) in [7, 11) is 0. The van der Waals surface area contributed by atoms with E-state index >= 15 is 0 Å². The van der Waals surface area contributed by atoms with Crippen LogP contribution in [0.4, 0.5) is 0 Å². The SMILES string of the molecule is CC(C)=CCC/C(C)=C/C=C/C(C)=C\C=C\C(C)=C\C=C\C=C(C)\C=C\C=C(C)\C=C\c1c(C)ccc(C)c1C. The first kappa shape index (κ1) is 34.4. The summed E-state index contributed by atoms with van der Waals surface area (Å²) >= 11 is 0. The van der Waals surface area contributed by atoms with Gasteiger partial charge in [-0.05, 0) is 104 Å². The Bertz CT molecular complexity index is 1290. The number of hydrogen-bond acceptors (Lipinski definition) is 0. The van der Waals surface area contributed by atoms with Crippen molar-refractivity contribution in [2.75, 3.05) is 0 Å². The van der Waals surface area contributed by atoms with Gasteiger partial charge in [0.25, 0.3) is 0 Å². The Morgan fingerprint density at radius 3 is 1.52 bits per heavy atom. The van der Waals surface area contributed by atoms with Crippen molar-refractivity contribution in [1.82, 2.24) is 0 Å². The number of hydrogen-bond donors (Lipinski definition) is 0. The second-order valence-electron chi connectivity index (χ2n) is 11.0. The third kappa shape index (κ3) is 15.7. The quantitative estimate of drug-likeness (QED) is 0.175. The van der Waals surface area contributed by atoms with Crippen molar-refractivity contribution >= 4 is 6.08 Å². The molecule has 0 aliphatic carbocycles. The zero-order valence-corrected chi connectivity index (χ0v) is 26.8. The molecule has 0 N–H and O–H groups in total. The van der Waals surface area contributed by atoms with Gasteiger partial charge in [-0.3, -0.25) is 0 Å². The number of benzene rings is 1. The van der Waals surface area contributed by atoms with Crippen molar-refractivity contribution in [1.29, 1.82) is 0 Å².